The lowest BCUT2D eigenvalue weighted by atomic mass is 10.1. The average Bonchev–Trinajstić information content (AvgIpc) is 2.16. The Morgan fingerprint density at radius 2 is 2.06 bits per heavy atom. The molecule has 0 atom stereocenters. The van der Waals surface area contributed by atoms with Crippen LogP contribution in [-0.4, -0.2) is 11.6 Å². The van der Waals surface area contributed by atoms with E-state index in [0.29, 0.717) is 5.56 Å². The standard InChI is InChI=1S/C13H15BrO2/c1-13(2,3)16-12(15)11-6-4-5-10(9-11)7-8-14/h4-9H,1-3H3/b8-7+. The van der Waals surface area contributed by atoms with Crippen molar-refractivity contribution in [2.45, 2.75) is 26.4 Å². The number of halogens is 1. The first-order chi connectivity index (χ1) is 7.42. The zero-order chi connectivity index (χ0) is 12.2. The third-order valence-corrected chi connectivity index (χ3v) is 2.04. The molecule has 0 spiro atoms. The van der Waals surface area contributed by atoms with Crippen LogP contribution < -0.4 is 0 Å². The number of hydrogen-bond donors (Lipinski definition) is 0. The van der Waals surface area contributed by atoms with Crippen LogP contribution in [0.25, 0.3) is 6.08 Å². The molecule has 16 heavy (non-hydrogen) atoms. The molecule has 0 aliphatic rings. The minimum atomic E-state index is -0.460. The summed E-state index contributed by atoms with van der Waals surface area (Å²) in [7, 11) is 0. The van der Waals surface area contributed by atoms with Gasteiger partial charge in [-0.1, -0.05) is 28.1 Å². The maximum Gasteiger partial charge on any atom is 0.338 e. The third-order valence-electron chi connectivity index (χ3n) is 1.78. The Kier molecular flexibility index (Phi) is 4.30. The van der Waals surface area contributed by atoms with Gasteiger partial charge in [0.2, 0.25) is 0 Å². The van der Waals surface area contributed by atoms with Gasteiger partial charge in [0.05, 0.1) is 5.56 Å². The second-order valence-corrected chi connectivity index (χ2v) is 4.95. The first kappa shape index (κ1) is 13.0. The van der Waals surface area contributed by atoms with Crippen LogP contribution in [-0.2, 0) is 4.74 Å². The Morgan fingerprint density at radius 1 is 1.38 bits per heavy atom. The number of benzene rings is 1. The molecule has 0 bridgehead atoms. The summed E-state index contributed by atoms with van der Waals surface area (Å²) in [6.07, 6.45) is 1.87. The first-order valence-corrected chi connectivity index (χ1v) is 5.94. The van der Waals surface area contributed by atoms with E-state index in [9.17, 15) is 4.79 Å². The largest absolute Gasteiger partial charge is 0.456 e. The Balaban J connectivity index is 2.88. The van der Waals surface area contributed by atoms with Crippen LogP contribution in [0.2, 0.25) is 0 Å². The third kappa shape index (κ3) is 4.19. The van der Waals surface area contributed by atoms with Crippen molar-refractivity contribution < 1.29 is 9.53 Å². The zero-order valence-corrected chi connectivity index (χ0v) is 11.2. The molecule has 86 valence electrons. The Hall–Kier alpha value is -1.09. The second kappa shape index (κ2) is 5.30. The summed E-state index contributed by atoms with van der Waals surface area (Å²) in [5, 5.41) is 0. The molecule has 0 amide bonds. The molecule has 0 radical (unpaired) electrons. The van der Waals surface area contributed by atoms with Gasteiger partial charge in [-0.2, -0.15) is 0 Å². The molecule has 0 aliphatic heterocycles. The minimum Gasteiger partial charge on any atom is -0.456 e. The van der Waals surface area contributed by atoms with Crippen molar-refractivity contribution in [3.05, 3.63) is 40.4 Å². The van der Waals surface area contributed by atoms with Crippen molar-refractivity contribution in [2.75, 3.05) is 0 Å². The van der Waals surface area contributed by atoms with Gasteiger partial charge >= 0.3 is 5.97 Å². The molecule has 0 N–H and O–H groups in total. The first-order valence-electron chi connectivity index (χ1n) is 5.02. The van der Waals surface area contributed by atoms with Crippen LogP contribution >= 0.6 is 15.9 Å². The maximum absolute atomic E-state index is 11.8. The van der Waals surface area contributed by atoms with Gasteiger partial charge < -0.3 is 4.74 Å². The van der Waals surface area contributed by atoms with Crippen molar-refractivity contribution >= 4 is 28.0 Å². The number of carbonyl (C=O) groups is 1. The molecule has 0 saturated heterocycles. The molecule has 0 fully saturated rings. The van der Waals surface area contributed by atoms with E-state index < -0.39 is 5.60 Å². The predicted octanol–water partition coefficient (Wildman–Crippen LogP) is 4.01. The SMILES string of the molecule is CC(C)(C)OC(=O)c1cccc(/C=C/Br)c1. The maximum atomic E-state index is 11.8. The highest BCUT2D eigenvalue weighted by Crippen LogP contribution is 2.14. The van der Waals surface area contributed by atoms with Gasteiger partial charge in [-0.05, 0) is 49.5 Å². The van der Waals surface area contributed by atoms with Crippen molar-refractivity contribution in [3.8, 4) is 0 Å². The molecular weight excluding hydrogens is 268 g/mol. The molecular formula is C13H15BrO2. The van der Waals surface area contributed by atoms with Crippen molar-refractivity contribution in [1.29, 1.82) is 0 Å². The predicted molar refractivity (Wildman–Crippen MR) is 69.6 cm³/mol. The van der Waals surface area contributed by atoms with E-state index in [1.54, 1.807) is 17.1 Å². The zero-order valence-electron chi connectivity index (χ0n) is 9.66. The fourth-order valence-electron chi connectivity index (χ4n) is 1.18. The Labute approximate surface area is 104 Å². The number of esters is 1. The highest BCUT2D eigenvalue weighted by Gasteiger charge is 2.17. The van der Waals surface area contributed by atoms with Gasteiger partial charge in [-0.3, -0.25) is 0 Å². The molecule has 0 aliphatic carbocycles. The fraction of sp³-hybridized carbons (Fsp3) is 0.308. The monoisotopic (exact) mass is 282 g/mol. The van der Waals surface area contributed by atoms with E-state index in [4.69, 9.17) is 4.74 Å². The van der Waals surface area contributed by atoms with E-state index >= 15 is 0 Å². The average molecular weight is 283 g/mol. The number of hydrogen-bond acceptors (Lipinski definition) is 2. The van der Waals surface area contributed by atoms with E-state index in [-0.39, 0.29) is 5.97 Å². The summed E-state index contributed by atoms with van der Waals surface area (Å²) in [5.74, 6) is -0.294. The quantitative estimate of drug-likeness (QED) is 0.767. The molecule has 1 rings (SSSR count). The second-order valence-electron chi connectivity index (χ2n) is 4.42. The van der Waals surface area contributed by atoms with Crippen molar-refractivity contribution in [2.24, 2.45) is 0 Å². The molecule has 1 aromatic carbocycles. The van der Waals surface area contributed by atoms with Crippen LogP contribution in [0.5, 0.6) is 0 Å². The van der Waals surface area contributed by atoms with E-state index in [1.165, 1.54) is 0 Å². The van der Waals surface area contributed by atoms with E-state index in [0.717, 1.165) is 5.56 Å². The van der Waals surface area contributed by atoms with Crippen LogP contribution in [0.3, 0.4) is 0 Å². The summed E-state index contributed by atoms with van der Waals surface area (Å²) >= 11 is 3.20. The van der Waals surface area contributed by atoms with Crippen LogP contribution in [0, 0.1) is 0 Å². The van der Waals surface area contributed by atoms with Gasteiger partial charge in [-0.25, -0.2) is 4.79 Å². The van der Waals surface area contributed by atoms with E-state index in [2.05, 4.69) is 15.9 Å². The lowest BCUT2D eigenvalue weighted by Gasteiger charge is -2.19. The smallest absolute Gasteiger partial charge is 0.338 e. The molecule has 0 heterocycles. The normalized spacial score (nSPS) is 11.8. The van der Waals surface area contributed by atoms with Crippen LogP contribution in [0.15, 0.2) is 29.3 Å². The van der Waals surface area contributed by atoms with Crippen LogP contribution in [0.1, 0.15) is 36.7 Å². The van der Waals surface area contributed by atoms with Gasteiger partial charge in [0.1, 0.15) is 5.60 Å². The van der Waals surface area contributed by atoms with E-state index in [1.807, 2.05) is 39.0 Å². The van der Waals surface area contributed by atoms with Gasteiger partial charge in [0.25, 0.3) is 0 Å². The van der Waals surface area contributed by atoms with Crippen molar-refractivity contribution in [1.82, 2.24) is 0 Å². The summed E-state index contributed by atoms with van der Waals surface area (Å²) < 4.78 is 5.28. The number of ether oxygens (including phenoxy) is 1. The molecule has 0 aromatic heterocycles. The fourth-order valence-corrected chi connectivity index (χ4v) is 1.48. The topological polar surface area (TPSA) is 26.3 Å². The Bertz CT molecular complexity index is 403. The van der Waals surface area contributed by atoms with Crippen LogP contribution in [0.4, 0.5) is 0 Å². The molecule has 0 unspecified atom stereocenters. The summed E-state index contributed by atoms with van der Waals surface area (Å²) in [6, 6.07) is 7.30. The van der Waals surface area contributed by atoms with Gasteiger partial charge in [0, 0.05) is 0 Å². The Morgan fingerprint density at radius 3 is 2.62 bits per heavy atom. The summed E-state index contributed by atoms with van der Waals surface area (Å²) in [4.78, 5) is 13.5. The molecule has 0 saturated carbocycles. The summed E-state index contributed by atoms with van der Waals surface area (Å²) in [5.41, 5.74) is 1.07. The summed E-state index contributed by atoms with van der Waals surface area (Å²) in [6.45, 7) is 5.56. The molecule has 3 heteroatoms. The molecule has 2 nitrogen and oxygen atoms in total. The van der Waals surface area contributed by atoms with Crippen molar-refractivity contribution in [3.63, 3.8) is 0 Å². The molecule has 1 aromatic rings. The number of carbonyl (C=O) groups excluding carboxylic acids is 1. The van der Waals surface area contributed by atoms with Gasteiger partial charge in [-0.15, -0.1) is 0 Å². The lowest BCUT2D eigenvalue weighted by Crippen LogP contribution is -2.23. The highest BCUT2D eigenvalue weighted by atomic mass is 79.9. The lowest BCUT2D eigenvalue weighted by molar-refractivity contribution is 0.00695. The number of rotatable bonds is 2. The highest BCUT2D eigenvalue weighted by molar-refractivity contribution is 9.11. The minimum absolute atomic E-state index is 0.294. The van der Waals surface area contributed by atoms with Gasteiger partial charge in [0.15, 0.2) is 0 Å².